The van der Waals surface area contributed by atoms with Gasteiger partial charge in [-0.2, -0.15) is 4.98 Å². The maximum absolute atomic E-state index is 14.3. The summed E-state index contributed by atoms with van der Waals surface area (Å²) in [6, 6.07) is 24.7. The Labute approximate surface area is 190 Å². The highest BCUT2D eigenvalue weighted by molar-refractivity contribution is 5.86. The summed E-state index contributed by atoms with van der Waals surface area (Å²) in [6.45, 7) is 1.90. The third-order valence-corrected chi connectivity index (χ3v) is 5.70. The number of nitrogens with one attached hydrogen (secondary N) is 1. The van der Waals surface area contributed by atoms with Crippen LogP contribution in [0.3, 0.4) is 0 Å². The molecule has 1 N–H and O–H groups in total. The highest BCUT2D eigenvalue weighted by atomic mass is 19.1. The van der Waals surface area contributed by atoms with E-state index in [1.807, 2.05) is 67.6 Å². The highest BCUT2D eigenvalue weighted by Crippen LogP contribution is 2.37. The van der Waals surface area contributed by atoms with Gasteiger partial charge >= 0.3 is 6.03 Å². The van der Waals surface area contributed by atoms with E-state index in [0.717, 1.165) is 11.1 Å². The van der Waals surface area contributed by atoms with E-state index in [1.165, 1.54) is 11.0 Å². The molecule has 1 aromatic heterocycles. The van der Waals surface area contributed by atoms with Crippen molar-refractivity contribution in [1.29, 1.82) is 0 Å². The SMILES string of the molecule is CC1=C(c2nc(-c3ccccc3)no2)C(c2ccccc2)NC(=O)N1Cc1ccccc1F. The van der Waals surface area contributed by atoms with Gasteiger partial charge in [0, 0.05) is 16.8 Å². The van der Waals surface area contributed by atoms with Crippen molar-refractivity contribution < 1.29 is 13.7 Å². The number of hydrogen-bond acceptors (Lipinski definition) is 4. The zero-order chi connectivity index (χ0) is 22.8. The normalized spacial score (nSPS) is 16.1. The molecule has 0 fully saturated rings. The fourth-order valence-corrected chi connectivity index (χ4v) is 3.98. The molecule has 1 atom stereocenters. The lowest BCUT2D eigenvalue weighted by atomic mass is 9.94. The fourth-order valence-electron chi connectivity index (χ4n) is 3.98. The van der Waals surface area contributed by atoms with Crippen LogP contribution in [0.5, 0.6) is 0 Å². The number of benzene rings is 3. The molecular weight excluding hydrogens is 419 g/mol. The second-order valence-electron chi connectivity index (χ2n) is 7.76. The summed E-state index contributed by atoms with van der Waals surface area (Å²) in [4.78, 5) is 19.2. The Morgan fingerprint density at radius 1 is 0.970 bits per heavy atom. The summed E-state index contributed by atoms with van der Waals surface area (Å²) in [5.74, 6) is 0.392. The molecule has 1 aliphatic heterocycles. The van der Waals surface area contributed by atoms with Crippen LogP contribution >= 0.6 is 0 Å². The number of rotatable bonds is 5. The minimum Gasteiger partial charge on any atom is -0.334 e. The van der Waals surface area contributed by atoms with Crippen molar-refractivity contribution >= 4 is 11.6 Å². The first kappa shape index (κ1) is 20.6. The molecule has 2 amide bonds. The lowest BCUT2D eigenvalue weighted by molar-refractivity contribution is 0.202. The lowest BCUT2D eigenvalue weighted by Gasteiger charge is -2.35. The second kappa shape index (κ2) is 8.70. The quantitative estimate of drug-likeness (QED) is 0.440. The Balaban J connectivity index is 1.60. The average molecular weight is 440 g/mol. The van der Waals surface area contributed by atoms with E-state index in [4.69, 9.17) is 4.52 Å². The van der Waals surface area contributed by atoms with Gasteiger partial charge in [0.25, 0.3) is 5.89 Å². The van der Waals surface area contributed by atoms with Crippen molar-refractivity contribution in [3.8, 4) is 11.4 Å². The van der Waals surface area contributed by atoms with Gasteiger partial charge in [0.15, 0.2) is 0 Å². The molecular formula is C26H21FN4O2. The Bertz CT molecular complexity index is 1320. The first-order valence-corrected chi connectivity index (χ1v) is 10.6. The summed E-state index contributed by atoms with van der Waals surface area (Å²) in [7, 11) is 0. The molecule has 2 heterocycles. The van der Waals surface area contributed by atoms with Crippen molar-refractivity contribution in [2.45, 2.75) is 19.5 Å². The molecule has 164 valence electrons. The van der Waals surface area contributed by atoms with Crippen LogP contribution in [0.15, 0.2) is 95.1 Å². The zero-order valence-corrected chi connectivity index (χ0v) is 17.9. The number of aromatic nitrogens is 2. The third-order valence-electron chi connectivity index (χ3n) is 5.70. The van der Waals surface area contributed by atoms with Crippen LogP contribution in [0, 0.1) is 5.82 Å². The largest absolute Gasteiger partial charge is 0.334 e. The molecule has 0 aliphatic carbocycles. The van der Waals surface area contributed by atoms with Gasteiger partial charge in [-0.05, 0) is 18.6 Å². The summed E-state index contributed by atoms with van der Waals surface area (Å²) < 4.78 is 20.0. The van der Waals surface area contributed by atoms with Gasteiger partial charge in [0.1, 0.15) is 5.82 Å². The molecule has 0 spiro atoms. The van der Waals surface area contributed by atoms with E-state index in [-0.39, 0.29) is 18.4 Å². The first-order valence-electron chi connectivity index (χ1n) is 10.6. The number of carbonyl (C=O) groups excluding carboxylic acids is 1. The molecule has 0 bridgehead atoms. The van der Waals surface area contributed by atoms with E-state index in [9.17, 15) is 9.18 Å². The monoisotopic (exact) mass is 440 g/mol. The molecule has 33 heavy (non-hydrogen) atoms. The van der Waals surface area contributed by atoms with Crippen LogP contribution in [-0.2, 0) is 6.54 Å². The predicted molar refractivity (Wildman–Crippen MR) is 122 cm³/mol. The first-order chi connectivity index (χ1) is 16.1. The van der Waals surface area contributed by atoms with E-state index >= 15 is 0 Å². The van der Waals surface area contributed by atoms with Gasteiger partial charge in [-0.1, -0.05) is 84.0 Å². The Morgan fingerprint density at radius 3 is 2.36 bits per heavy atom. The smallest absolute Gasteiger partial charge is 0.322 e. The van der Waals surface area contributed by atoms with Gasteiger partial charge in [-0.15, -0.1) is 0 Å². The molecule has 6 nitrogen and oxygen atoms in total. The highest BCUT2D eigenvalue weighted by Gasteiger charge is 2.36. The van der Waals surface area contributed by atoms with Crippen molar-refractivity contribution in [1.82, 2.24) is 20.4 Å². The zero-order valence-electron chi connectivity index (χ0n) is 17.9. The van der Waals surface area contributed by atoms with E-state index in [0.29, 0.717) is 28.5 Å². The Morgan fingerprint density at radius 2 is 1.64 bits per heavy atom. The molecule has 0 saturated heterocycles. The minimum absolute atomic E-state index is 0.0784. The van der Waals surface area contributed by atoms with Crippen LogP contribution in [0.25, 0.3) is 17.0 Å². The molecule has 4 aromatic rings. The molecule has 1 aliphatic rings. The van der Waals surface area contributed by atoms with Crippen LogP contribution in [0.1, 0.15) is 30.0 Å². The van der Waals surface area contributed by atoms with Crippen molar-refractivity contribution in [2.75, 3.05) is 0 Å². The van der Waals surface area contributed by atoms with Gasteiger partial charge in [-0.3, -0.25) is 4.90 Å². The Kier molecular flexibility index (Phi) is 5.44. The number of amides is 2. The lowest BCUT2D eigenvalue weighted by Crippen LogP contribution is -2.45. The van der Waals surface area contributed by atoms with E-state index in [1.54, 1.807) is 18.2 Å². The molecule has 0 saturated carbocycles. The van der Waals surface area contributed by atoms with E-state index in [2.05, 4.69) is 15.5 Å². The number of nitrogens with zero attached hydrogens (tertiary/aromatic N) is 3. The fraction of sp³-hybridized carbons (Fsp3) is 0.115. The maximum Gasteiger partial charge on any atom is 0.322 e. The summed E-state index contributed by atoms with van der Waals surface area (Å²) in [6.07, 6.45) is 0. The van der Waals surface area contributed by atoms with E-state index < -0.39 is 6.04 Å². The van der Waals surface area contributed by atoms with Crippen molar-refractivity contribution in [3.05, 3.63) is 113 Å². The van der Waals surface area contributed by atoms with Crippen LogP contribution < -0.4 is 5.32 Å². The maximum atomic E-state index is 14.3. The topological polar surface area (TPSA) is 71.3 Å². The van der Waals surface area contributed by atoms with Crippen LogP contribution in [0.4, 0.5) is 9.18 Å². The summed E-state index contributed by atoms with van der Waals surface area (Å²) in [5.41, 5.74) is 3.42. The molecule has 1 unspecified atom stereocenters. The molecule has 7 heteroatoms. The number of carbonyl (C=O) groups is 1. The summed E-state index contributed by atoms with van der Waals surface area (Å²) in [5, 5.41) is 7.18. The second-order valence-corrected chi connectivity index (χ2v) is 7.76. The predicted octanol–water partition coefficient (Wildman–Crippen LogP) is 5.57. The van der Waals surface area contributed by atoms with Crippen molar-refractivity contribution in [3.63, 3.8) is 0 Å². The average Bonchev–Trinajstić information content (AvgIpc) is 3.33. The van der Waals surface area contributed by atoms with Gasteiger partial charge in [0.2, 0.25) is 5.82 Å². The van der Waals surface area contributed by atoms with Crippen LogP contribution in [0.2, 0.25) is 0 Å². The van der Waals surface area contributed by atoms with Crippen molar-refractivity contribution in [2.24, 2.45) is 0 Å². The summed E-state index contributed by atoms with van der Waals surface area (Å²) >= 11 is 0. The van der Waals surface area contributed by atoms with Gasteiger partial charge in [-0.25, -0.2) is 9.18 Å². The third kappa shape index (κ3) is 4.01. The number of hydrogen-bond donors (Lipinski definition) is 1. The van der Waals surface area contributed by atoms with Crippen LogP contribution in [-0.4, -0.2) is 21.1 Å². The van der Waals surface area contributed by atoms with Gasteiger partial charge in [0.05, 0.1) is 18.2 Å². The Hall–Kier alpha value is -4.26. The molecule has 0 radical (unpaired) electrons. The molecule has 5 rings (SSSR count). The minimum atomic E-state index is -0.486. The molecule has 3 aromatic carbocycles. The number of urea groups is 1. The number of allylic oxidation sites excluding steroid dienone is 1. The number of halogens is 1. The van der Waals surface area contributed by atoms with Gasteiger partial charge < -0.3 is 9.84 Å². The standard InChI is InChI=1S/C26H21FN4O2/c1-17-22(25-29-24(30-33-25)19-12-6-3-7-13-19)23(18-10-4-2-5-11-18)28-26(32)31(17)16-20-14-8-9-15-21(20)27/h2-15,23H,16H2,1H3,(H,28,32).